The summed E-state index contributed by atoms with van der Waals surface area (Å²) in [5, 5.41) is 9.99. The van der Waals surface area contributed by atoms with Gasteiger partial charge in [-0.15, -0.1) is 0 Å². The fourth-order valence-corrected chi connectivity index (χ4v) is 1.52. The Morgan fingerprint density at radius 1 is 1.38 bits per heavy atom. The van der Waals surface area contributed by atoms with E-state index in [0.717, 1.165) is 5.69 Å². The minimum absolute atomic E-state index is 0.127. The lowest BCUT2D eigenvalue weighted by Gasteiger charge is -2.12. The zero-order valence-corrected chi connectivity index (χ0v) is 9.07. The number of H-pyrrole nitrogens is 1. The zero-order chi connectivity index (χ0) is 11.4. The van der Waals surface area contributed by atoms with Crippen molar-refractivity contribution >= 4 is 0 Å². The minimum Gasteiger partial charge on any atom is -0.305 e. The number of rotatable bonds is 4. The highest BCUT2D eigenvalue weighted by molar-refractivity contribution is 5.17. The standard InChI is InChI=1S/C12H14FN3/c1-9(12-6-7-15-16-12)14-8-10-4-2-3-5-11(10)13/h2-7,9,14H,8H2,1H3,(H,15,16). The third kappa shape index (κ3) is 2.46. The number of aromatic nitrogens is 2. The van der Waals surface area contributed by atoms with Crippen LogP contribution in [0.4, 0.5) is 4.39 Å². The van der Waals surface area contributed by atoms with E-state index in [2.05, 4.69) is 15.5 Å². The Morgan fingerprint density at radius 3 is 2.88 bits per heavy atom. The molecule has 16 heavy (non-hydrogen) atoms. The van der Waals surface area contributed by atoms with Crippen molar-refractivity contribution < 1.29 is 4.39 Å². The molecule has 2 N–H and O–H groups in total. The fourth-order valence-electron chi connectivity index (χ4n) is 1.52. The van der Waals surface area contributed by atoms with E-state index in [1.54, 1.807) is 18.3 Å². The van der Waals surface area contributed by atoms with E-state index in [-0.39, 0.29) is 11.9 Å². The predicted molar refractivity (Wildman–Crippen MR) is 60.2 cm³/mol. The van der Waals surface area contributed by atoms with Gasteiger partial charge in [-0.25, -0.2) is 4.39 Å². The number of hydrogen-bond acceptors (Lipinski definition) is 2. The topological polar surface area (TPSA) is 40.7 Å². The van der Waals surface area contributed by atoms with Crippen molar-refractivity contribution in [1.29, 1.82) is 0 Å². The highest BCUT2D eigenvalue weighted by Crippen LogP contribution is 2.11. The van der Waals surface area contributed by atoms with Gasteiger partial charge in [-0.3, -0.25) is 5.10 Å². The lowest BCUT2D eigenvalue weighted by molar-refractivity contribution is 0.535. The molecule has 1 aromatic heterocycles. The van der Waals surface area contributed by atoms with Crippen LogP contribution in [0.1, 0.15) is 24.2 Å². The van der Waals surface area contributed by atoms with E-state index in [1.165, 1.54) is 6.07 Å². The summed E-state index contributed by atoms with van der Waals surface area (Å²) in [6.45, 7) is 2.52. The molecule has 1 atom stereocenters. The van der Waals surface area contributed by atoms with Crippen molar-refractivity contribution in [3.63, 3.8) is 0 Å². The molecule has 2 rings (SSSR count). The summed E-state index contributed by atoms with van der Waals surface area (Å²) in [6.07, 6.45) is 1.70. The van der Waals surface area contributed by atoms with Crippen molar-refractivity contribution in [3.05, 3.63) is 53.6 Å². The maximum atomic E-state index is 13.3. The number of halogens is 1. The highest BCUT2D eigenvalue weighted by atomic mass is 19.1. The molecule has 0 saturated carbocycles. The molecule has 1 unspecified atom stereocenters. The van der Waals surface area contributed by atoms with Crippen molar-refractivity contribution in [2.75, 3.05) is 0 Å². The molecular weight excluding hydrogens is 205 g/mol. The highest BCUT2D eigenvalue weighted by Gasteiger charge is 2.07. The SMILES string of the molecule is CC(NCc1ccccc1F)c1ccn[nH]1. The third-order valence-electron chi connectivity index (χ3n) is 2.55. The number of nitrogens with zero attached hydrogens (tertiary/aromatic N) is 1. The summed E-state index contributed by atoms with van der Waals surface area (Å²) in [7, 11) is 0. The first-order chi connectivity index (χ1) is 7.77. The van der Waals surface area contributed by atoms with Crippen LogP contribution >= 0.6 is 0 Å². The van der Waals surface area contributed by atoms with Crippen LogP contribution in [0.5, 0.6) is 0 Å². The molecule has 0 spiro atoms. The second-order valence-corrected chi connectivity index (χ2v) is 3.71. The van der Waals surface area contributed by atoms with Gasteiger partial charge in [-0.05, 0) is 19.1 Å². The lowest BCUT2D eigenvalue weighted by Crippen LogP contribution is -2.19. The quantitative estimate of drug-likeness (QED) is 0.829. The Hall–Kier alpha value is -1.68. The van der Waals surface area contributed by atoms with Crippen molar-refractivity contribution in [2.45, 2.75) is 19.5 Å². The van der Waals surface area contributed by atoms with Gasteiger partial charge in [-0.2, -0.15) is 5.10 Å². The Bertz CT molecular complexity index is 439. The van der Waals surface area contributed by atoms with E-state index < -0.39 is 0 Å². The Morgan fingerprint density at radius 2 is 2.19 bits per heavy atom. The van der Waals surface area contributed by atoms with Gasteiger partial charge in [-0.1, -0.05) is 18.2 Å². The van der Waals surface area contributed by atoms with Crippen LogP contribution < -0.4 is 5.32 Å². The molecule has 0 radical (unpaired) electrons. The number of benzene rings is 1. The first kappa shape index (κ1) is 10.8. The Labute approximate surface area is 93.7 Å². The first-order valence-electron chi connectivity index (χ1n) is 5.23. The molecule has 1 aromatic carbocycles. The lowest BCUT2D eigenvalue weighted by atomic mass is 10.2. The van der Waals surface area contributed by atoms with Gasteiger partial charge in [0.25, 0.3) is 0 Å². The van der Waals surface area contributed by atoms with E-state index in [4.69, 9.17) is 0 Å². The summed E-state index contributed by atoms with van der Waals surface area (Å²) in [5.41, 5.74) is 1.67. The van der Waals surface area contributed by atoms with E-state index in [1.807, 2.05) is 19.1 Å². The summed E-state index contributed by atoms with van der Waals surface area (Å²) in [6, 6.07) is 8.80. The fraction of sp³-hybridized carbons (Fsp3) is 0.250. The van der Waals surface area contributed by atoms with Gasteiger partial charge >= 0.3 is 0 Å². The maximum Gasteiger partial charge on any atom is 0.127 e. The first-order valence-corrected chi connectivity index (χ1v) is 5.23. The molecule has 0 fully saturated rings. The summed E-state index contributed by atoms with van der Waals surface area (Å²) in [5.74, 6) is -0.174. The molecule has 3 nitrogen and oxygen atoms in total. The second kappa shape index (κ2) is 4.90. The Balaban J connectivity index is 1.95. The van der Waals surface area contributed by atoms with Crippen LogP contribution in [-0.2, 0) is 6.54 Å². The number of aromatic amines is 1. The molecular formula is C12H14FN3. The molecule has 0 aliphatic heterocycles. The molecule has 0 saturated heterocycles. The average molecular weight is 219 g/mol. The van der Waals surface area contributed by atoms with E-state index >= 15 is 0 Å². The molecule has 0 bridgehead atoms. The normalized spacial score (nSPS) is 12.6. The van der Waals surface area contributed by atoms with Crippen LogP contribution in [0.3, 0.4) is 0 Å². The van der Waals surface area contributed by atoms with Crippen LogP contribution in [-0.4, -0.2) is 10.2 Å². The van der Waals surface area contributed by atoms with Crippen LogP contribution in [0.15, 0.2) is 36.5 Å². The molecule has 4 heteroatoms. The maximum absolute atomic E-state index is 13.3. The van der Waals surface area contributed by atoms with Gasteiger partial charge in [0, 0.05) is 24.3 Å². The smallest absolute Gasteiger partial charge is 0.127 e. The number of hydrogen-bond donors (Lipinski definition) is 2. The van der Waals surface area contributed by atoms with Gasteiger partial charge < -0.3 is 5.32 Å². The molecule has 1 heterocycles. The average Bonchev–Trinajstić information content (AvgIpc) is 2.81. The largest absolute Gasteiger partial charge is 0.305 e. The van der Waals surface area contributed by atoms with Gasteiger partial charge in [0.05, 0.1) is 5.69 Å². The summed E-state index contributed by atoms with van der Waals surface area (Å²) in [4.78, 5) is 0. The summed E-state index contributed by atoms with van der Waals surface area (Å²) < 4.78 is 13.3. The minimum atomic E-state index is -0.174. The van der Waals surface area contributed by atoms with Crippen LogP contribution in [0.2, 0.25) is 0 Å². The van der Waals surface area contributed by atoms with Gasteiger partial charge in [0.15, 0.2) is 0 Å². The Kier molecular flexibility index (Phi) is 3.31. The molecule has 0 amide bonds. The molecule has 2 aromatic rings. The van der Waals surface area contributed by atoms with Gasteiger partial charge in [0.1, 0.15) is 5.82 Å². The third-order valence-corrected chi connectivity index (χ3v) is 2.55. The predicted octanol–water partition coefficient (Wildman–Crippen LogP) is 2.40. The monoisotopic (exact) mass is 219 g/mol. The molecule has 0 aliphatic carbocycles. The number of nitrogens with one attached hydrogen (secondary N) is 2. The second-order valence-electron chi connectivity index (χ2n) is 3.71. The van der Waals surface area contributed by atoms with E-state index in [9.17, 15) is 4.39 Å². The molecule has 0 aliphatic rings. The van der Waals surface area contributed by atoms with Crippen molar-refractivity contribution in [3.8, 4) is 0 Å². The van der Waals surface area contributed by atoms with Gasteiger partial charge in [0.2, 0.25) is 0 Å². The zero-order valence-electron chi connectivity index (χ0n) is 9.07. The van der Waals surface area contributed by atoms with Crippen LogP contribution in [0, 0.1) is 5.82 Å². The van der Waals surface area contributed by atoms with Crippen molar-refractivity contribution in [2.24, 2.45) is 0 Å². The van der Waals surface area contributed by atoms with Crippen LogP contribution in [0.25, 0.3) is 0 Å². The molecule has 84 valence electrons. The van der Waals surface area contributed by atoms with Crippen molar-refractivity contribution in [1.82, 2.24) is 15.5 Å². The van der Waals surface area contributed by atoms with E-state index in [0.29, 0.717) is 12.1 Å². The summed E-state index contributed by atoms with van der Waals surface area (Å²) >= 11 is 0.